The quantitative estimate of drug-likeness (QED) is 0.692. The molecule has 0 bridgehead atoms. The predicted molar refractivity (Wildman–Crippen MR) is 97.4 cm³/mol. The number of fused-ring (bicyclic) bond motifs is 1. The summed E-state index contributed by atoms with van der Waals surface area (Å²) in [7, 11) is 1.82. The summed E-state index contributed by atoms with van der Waals surface area (Å²) < 4.78 is 5.57. The van der Waals surface area contributed by atoms with Gasteiger partial charge < -0.3 is 9.64 Å². The molecule has 0 fully saturated rings. The van der Waals surface area contributed by atoms with Crippen molar-refractivity contribution in [1.82, 2.24) is 4.90 Å². The first-order valence-electron chi connectivity index (χ1n) is 8.14. The molecule has 3 aromatic carbocycles. The van der Waals surface area contributed by atoms with Crippen LogP contribution >= 0.6 is 0 Å². The summed E-state index contributed by atoms with van der Waals surface area (Å²) in [6.07, 6.45) is 0. The predicted octanol–water partition coefficient (Wildman–Crippen LogP) is 4.51. The molecule has 1 amide bonds. The molecule has 3 aromatic rings. The van der Waals surface area contributed by atoms with E-state index in [-0.39, 0.29) is 5.91 Å². The second-order valence-electron chi connectivity index (χ2n) is 5.77. The van der Waals surface area contributed by atoms with Gasteiger partial charge in [-0.2, -0.15) is 0 Å². The van der Waals surface area contributed by atoms with Gasteiger partial charge in [0.05, 0.1) is 12.2 Å². The first-order valence-corrected chi connectivity index (χ1v) is 8.14. The van der Waals surface area contributed by atoms with Gasteiger partial charge in [-0.25, -0.2) is 0 Å². The first kappa shape index (κ1) is 16.1. The maximum Gasteiger partial charge on any atom is 0.257 e. The summed E-state index contributed by atoms with van der Waals surface area (Å²) in [5.41, 5.74) is 1.71. The Labute approximate surface area is 142 Å². The molecule has 3 rings (SSSR count). The van der Waals surface area contributed by atoms with Gasteiger partial charge in [-0.15, -0.1) is 0 Å². The third kappa shape index (κ3) is 3.40. The Hall–Kier alpha value is -2.81. The molecule has 0 aliphatic rings. The van der Waals surface area contributed by atoms with Crippen molar-refractivity contribution >= 4 is 16.7 Å². The van der Waals surface area contributed by atoms with Crippen molar-refractivity contribution in [2.75, 3.05) is 13.7 Å². The normalized spacial score (nSPS) is 10.6. The zero-order valence-electron chi connectivity index (χ0n) is 14.0. The maximum absolute atomic E-state index is 12.8. The van der Waals surface area contributed by atoms with Gasteiger partial charge in [0.1, 0.15) is 5.75 Å². The largest absolute Gasteiger partial charge is 0.493 e. The summed E-state index contributed by atoms with van der Waals surface area (Å²) >= 11 is 0. The molecular formula is C21H21NO2. The minimum absolute atomic E-state index is 0.0350. The van der Waals surface area contributed by atoms with Crippen LogP contribution in [-0.2, 0) is 6.54 Å². The van der Waals surface area contributed by atoms with E-state index < -0.39 is 0 Å². The Morgan fingerprint density at radius 2 is 1.67 bits per heavy atom. The van der Waals surface area contributed by atoms with Gasteiger partial charge in [-0.1, -0.05) is 48.5 Å². The number of hydrogen-bond donors (Lipinski definition) is 0. The van der Waals surface area contributed by atoms with Crippen LogP contribution in [0.4, 0.5) is 0 Å². The maximum atomic E-state index is 12.8. The standard InChI is InChI=1S/C21H21NO2/c1-3-24-20-11-7-6-10-19(20)21(23)22(2)15-16-12-13-17-8-4-5-9-18(17)14-16/h4-14H,3,15H2,1-2H3. The van der Waals surface area contributed by atoms with E-state index in [1.165, 1.54) is 10.8 Å². The zero-order chi connectivity index (χ0) is 16.9. The molecule has 0 aliphatic heterocycles. The summed E-state index contributed by atoms with van der Waals surface area (Å²) in [5, 5.41) is 2.39. The fourth-order valence-corrected chi connectivity index (χ4v) is 2.81. The summed E-state index contributed by atoms with van der Waals surface area (Å²) in [5.74, 6) is 0.600. The smallest absolute Gasteiger partial charge is 0.257 e. The minimum atomic E-state index is -0.0350. The molecule has 0 saturated carbocycles. The van der Waals surface area contributed by atoms with E-state index in [1.54, 1.807) is 4.90 Å². The summed E-state index contributed by atoms with van der Waals surface area (Å²) in [6.45, 7) is 3.02. The lowest BCUT2D eigenvalue weighted by atomic mass is 10.1. The number of para-hydroxylation sites is 1. The molecule has 0 heterocycles. The third-order valence-electron chi connectivity index (χ3n) is 4.00. The Kier molecular flexibility index (Phi) is 4.80. The van der Waals surface area contributed by atoms with E-state index in [0.717, 1.165) is 5.56 Å². The minimum Gasteiger partial charge on any atom is -0.493 e. The van der Waals surface area contributed by atoms with E-state index in [0.29, 0.717) is 24.5 Å². The van der Waals surface area contributed by atoms with Crippen LogP contribution in [0.2, 0.25) is 0 Å². The average Bonchev–Trinajstić information content (AvgIpc) is 2.62. The van der Waals surface area contributed by atoms with E-state index in [4.69, 9.17) is 4.74 Å². The van der Waals surface area contributed by atoms with Crippen molar-refractivity contribution in [3.8, 4) is 5.75 Å². The van der Waals surface area contributed by atoms with Crippen molar-refractivity contribution in [3.63, 3.8) is 0 Å². The number of carbonyl (C=O) groups is 1. The molecule has 0 aromatic heterocycles. The Morgan fingerprint density at radius 3 is 2.46 bits per heavy atom. The number of nitrogens with zero attached hydrogens (tertiary/aromatic N) is 1. The van der Waals surface area contributed by atoms with Crippen LogP contribution in [0.5, 0.6) is 5.75 Å². The van der Waals surface area contributed by atoms with Crippen molar-refractivity contribution in [2.24, 2.45) is 0 Å². The molecular weight excluding hydrogens is 298 g/mol. The summed E-state index contributed by atoms with van der Waals surface area (Å²) in [6, 6.07) is 21.9. The van der Waals surface area contributed by atoms with Gasteiger partial charge in [-0.3, -0.25) is 4.79 Å². The number of hydrogen-bond acceptors (Lipinski definition) is 2. The highest BCUT2D eigenvalue weighted by atomic mass is 16.5. The molecule has 0 radical (unpaired) electrons. The molecule has 122 valence electrons. The van der Waals surface area contributed by atoms with E-state index in [9.17, 15) is 4.79 Å². The molecule has 0 spiro atoms. The SMILES string of the molecule is CCOc1ccccc1C(=O)N(C)Cc1ccc2ccccc2c1. The fraction of sp³-hybridized carbons (Fsp3) is 0.190. The highest BCUT2D eigenvalue weighted by Crippen LogP contribution is 2.21. The molecule has 0 unspecified atom stereocenters. The van der Waals surface area contributed by atoms with Crippen LogP contribution in [0.25, 0.3) is 10.8 Å². The first-order chi connectivity index (χ1) is 11.7. The number of ether oxygens (including phenoxy) is 1. The lowest BCUT2D eigenvalue weighted by Crippen LogP contribution is -2.26. The van der Waals surface area contributed by atoms with Crippen LogP contribution in [0.3, 0.4) is 0 Å². The van der Waals surface area contributed by atoms with E-state index in [1.807, 2.05) is 50.4 Å². The number of amides is 1. The van der Waals surface area contributed by atoms with E-state index in [2.05, 4.69) is 30.3 Å². The highest BCUT2D eigenvalue weighted by molar-refractivity contribution is 5.96. The third-order valence-corrected chi connectivity index (χ3v) is 4.00. The second kappa shape index (κ2) is 7.18. The molecule has 0 atom stereocenters. The van der Waals surface area contributed by atoms with E-state index >= 15 is 0 Å². The van der Waals surface area contributed by atoms with Crippen LogP contribution in [0.1, 0.15) is 22.8 Å². The molecule has 3 nitrogen and oxygen atoms in total. The van der Waals surface area contributed by atoms with Gasteiger partial charge in [0, 0.05) is 13.6 Å². The number of rotatable bonds is 5. The van der Waals surface area contributed by atoms with Crippen LogP contribution in [0, 0.1) is 0 Å². The van der Waals surface area contributed by atoms with Gasteiger partial charge in [-0.05, 0) is 41.5 Å². The molecule has 3 heteroatoms. The Balaban J connectivity index is 1.80. The molecule has 0 aliphatic carbocycles. The van der Waals surface area contributed by atoms with Gasteiger partial charge in [0.25, 0.3) is 5.91 Å². The highest BCUT2D eigenvalue weighted by Gasteiger charge is 2.16. The Morgan fingerprint density at radius 1 is 0.958 bits per heavy atom. The lowest BCUT2D eigenvalue weighted by molar-refractivity contribution is 0.0781. The van der Waals surface area contributed by atoms with Crippen LogP contribution < -0.4 is 4.74 Å². The number of benzene rings is 3. The molecule has 0 N–H and O–H groups in total. The molecule has 0 saturated heterocycles. The van der Waals surface area contributed by atoms with Gasteiger partial charge >= 0.3 is 0 Å². The second-order valence-corrected chi connectivity index (χ2v) is 5.77. The van der Waals surface area contributed by atoms with Crippen molar-refractivity contribution in [2.45, 2.75) is 13.5 Å². The zero-order valence-corrected chi connectivity index (χ0v) is 14.0. The van der Waals surface area contributed by atoms with Gasteiger partial charge in [0.2, 0.25) is 0 Å². The monoisotopic (exact) mass is 319 g/mol. The number of carbonyl (C=O) groups excluding carboxylic acids is 1. The topological polar surface area (TPSA) is 29.5 Å². The summed E-state index contributed by atoms with van der Waals surface area (Å²) in [4.78, 5) is 14.5. The average molecular weight is 319 g/mol. The van der Waals surface area contributed by atoms with Crippen molar-refractivity contribution in [3.05, 3.63) is 77.9 Å². The molecule has 24 heavy (non-hydrogen) atoms. The van der Waals surface area contributed by atoms with Crippen molar-refractivity contribution < 1.29 is 9.53 Å². The van der Waals surface area contributed by atoms with Gasteiger partial charge in [0.15, 0.2) is 0 Å². The van der Waals surface area contributed by atoms with Crippen LogP contribution in [0.15, 0.2) is 66.7 Å². The van der Waals surface area contributed by atoms with Crippen LogP contribution in [-0.4, -0.2) is 24.5 Å². The van der Waals surface area contributed by atoms with Crippen molar-refractivity contribution in [1.29, 1.82) is 0 Å². The fourth-order valence-electron chi connectivity index (χ4n) is 2.81. The Bertz CT molecular complexity index is 857. The lowest BCUT2D eigenvalue weighted by Gasteiger charge is -2.19.